The molecule has 2 rings (SSSR count). The van der Waals surface area contributed by atoms with Crippen molar-refractivity contribution in [1.82, 2.24) is 5.32 Å². The summed E-state index contributed by atoms with van der Waals surface area (Å²) in [4.78, 5) is 35.8. The van der Waals surface area contributed by atoms with Gasteiger partial charge >= 0.3 is 5.97 Å². The number of carbonyl (C=O) groups is 3. The SMILES string of the molecule is CC(=O)N/C(=C\c1ccccc1)C(=O)OCC(=O)c1ccc(Cl)s1. The van der Waals surface area contributed by atoms with Crippen LogP contribution < -0.4 is 5.32 Å². The number of esters is 1. The van der Waals surface area contributed by atoms with E-state index < -0.39 is 18.5 Å². The van der Waals surface area contributed by atoms with Crippen LogP contribution in [0.5, 0.6) is 0 Å². The maximum Gasteiger partial charge on any atom is 0.355 e. The first kappa shape index (κ1) is 17.9. The van der Waals surface area contributed by atoms with Gasteiger partial charge in [-0.25, -0.2) is 4.79 Å². The Morgan fingerprint density at radius 2 is 1.88 bits per heavy atom. The minimum Gasteiger partial charge on any atom is -0.453 e. The number of hydrogen-bond donors (Lipinski definition) is 1. The van der Waals surface area contributed by atoms with Crippen LogP contribution in [0.3, 0.4) is 0 Å². The van der Waals surface area contributed by atoms with Gasteiger partial charge < -0.3 is 10.1 Å². The van der Waals surface area contributed by atoms with Crippen LogP contribution in [0.2, 0.25) is 4.34 Å². The Morgan fingerprint density at radius 3 is 2.46 bits per heavy atom. The lowest BCUT2D eigenvalue weighted by Crippen LogP contribution is -2.27. The molecule has 0 aliphatic carbocycles. The van der Waals surface area contributed by atoms with Gasteiger partial charge in [0.15, 0.2) is 6.61 Å². The molecular weight excluding hydrogens is 350 g/mol. The molecule has 1 amide bonds. The summed E-state index contributed by atoms with van der Waals surface area (Å²) >= 11 is 6.88. The van der Waals surface area contributed by atoms with E-state index in [1.54, 1.807) is 36.4 Å². The second-order valence-electron chi connectivity index (χ2n) is 4.75. The molecule has 0 aliphatic rings. The minimum absolute atomic E-state index is 0.0364. The Hall–Kier alpha value is -2.44. The third kappa shape index (κ3) is 5.33. The summed E-state index contributed by atoms with van der Waals surface area (Å²) in [6.45, 7) is 0.853. The van der Waals surface area contributed by atoms with Gasteiger partial charge in [-0.05, 0) is 23.8 Å². The lowest BCUT2D eigenvalue weighted by Gasteiger charge is -2.08. The molecule has 0 saturated carbocycles. The summed E-state index contributed by atoms with van der Waals surface area (Å²) in [6.07, 6.45) is 1.48. The van der Waals surface area contributed by atoms with Gasteiger partial charge in [-0.3, -0.25) is 9.59 Å². The lowest BCUT2D eigenvalue weighted by molar-refractivity contribution is -0.139. The van der Waals surface area contributed by atoms with Crippen LogP contribution in [-0.2, 0) is 14.3 Å². The Labute approximate surface area is 147 Å². The summed E-state index contributed by atoms with van der Waals surface area (Å²) in [7, 11) is 0. The largest absolute Gasteiger partial charge is 0.453 e. The van der Waals surface area contributed by atoms with Crippen molar-refractivity contribution in [3.8, 4) is 0 Å². The molecule has 2 aromatic rings. The Bertz CT molecular complexity index is 783. The molecule has 0 aliphatic heterocycles. The van der Waals surface area contributed by atoms with E-state index in [0.29, 0.717) is 9.21 Å². The zero-order valence-corrected chi connectivity index (χ0v) is 14.3. The van der Waals surface area contributed by atoms with E-state index in [9.17, 15) is 14.4 Å². The number of ketones is 1. The summed E-state index contributed by atoms with van der Waals surface area (Å²) in [5, 5.41) is 2.41. The zero-order valence-electron chi connectivity index (χ0n) is 12.7. The molecule has 0 atom stereocenters. The van der Waals surface area contributed by atoms with Crippen LogP contribution in [0, 0.1) is 0 Å². The Morgan fingerprint density at radius 1 is 1.17 bits per heavy atom. The van der Waals surface area contributed by atoms with Crippen LogP contribution in [0.25, 0.3) is 6.08 Å². The molecule has 1 aromatic carbocycles. The number of halogens is 1. The van der Waals surface area contributed by atoms with E-state index in [1.807, 2.05) is 6.07 Å². The minimum atomic E-state index is -0.787. The van der Waals surface area contributed by atoms with Gasteiger partial charge in [-0.15, -0.1) is 11.3 Å². The third-order valence-corrected chi connectivity index (χ3v) is 4.10. The predicted molar refractivity (Wildman–Crippen MR) is 92.9 cm³/mol. The lowest BCUT2D eigenvalue weighted by atomic mass is 10.2. The number of ether oxygens (including phenoxy) is 1. The van der Waals surface area contributed by atoms with Crippen LogP contribution in [0.15, 0.2) is 48.2 Å². The maximum atomic E-state index is 12.1. The second kappa shape index (κ2) is 8.42. The molecule has 0 saturated heterocycles. The van der Waals surface area contributed by atoms with Gasteiger partial charge in [0.25, 0.3) is 0 Å². The standard InChI is InChI=1S/C17H14ClNO4S/c1-11(20)19-13(9-12-5-3-2-4-6-12)17(22)23-10-14(21)15-7-8-16(18)24-15/h2-9H,10H2,1H3,(H,19,20)/b13-9-. The first-order valence-corrected chi connectivity index (χ1v) is 8.15. The van der Waals surface area contributed by atoms with Gasteiger partial charge in [-0.1, -0.05) is 41.9 Å². The number of benzene rings is 1. The molecule has 1 aromatic heterocycles. The van der Waals surface area contributed by atoms with Gasteiger partial charge in [-0.2, -0.15) is 0 Å². The number of thiophene rings is 1. The molecule has 0 radical (unpaired) electrons. The normalized spacial score (nSPS) is 11.0. The highest BCUT2D eigenvalue weighted by molar-refractivity contribution is 7.18. The van der Waals surface area contributed by atoms with Crippen LogP contribution >= 0.6 is 22.9 Å². The number of rotatable bonds is 6. The van der Waals surface area contributed by atoms with Crippen molar-refractivity contribution in [2.45, 2.75) is 6.92 Å². The first-order chi connectivity index (χ1) is 11.5. The summed E-state index contributed by atoms with van der Waals surface area (Å²) in [5.41, 5.74) is 0.681. The summed E-state index contributed by atoms with van der Waals surface area (Å²) in [6, 6.07) is 12.1. The van der Waals surface area contributed by atoms with Gasteiger partial charge in [0.1, 0.15) is 5.70 Å². The van der Waals surface area contributed by atoms with E-state index in [1.165, 1.54) is 13.0 Å². The fraction of sp³-hybridized carbons (Fsp3) is 0.118. The quantitative estimate of drug-likeness (QED) is 0.485. The van der Waals surface area contributed by atoms with Gasteiger partial charge in [0, 0.05) is 6.92 Å². The average Bonchev–Trinajstić information content (AvgIpc) is 2.99. The van der Waals surface area contributed by atoms with Crippen LogP contribution in [0.1, 0.15) is 22.2 Å². The van der Waals surface area contributed by atoms with Crippen molar-refractivity contribution in [3.05, 3.63) is 62.9 Å². The molecule has 1 heterocycles. The maximum absolute atomic E-state index is 12.1. The molecular formula is C17H14ClNO4S. The monoisotopic (exact) mass is 363 g/mol. The molecule has 124 valence electrons. The second-order valence-corrected chi connectivity index (χ2v) is 6.47. The highest BCUT2D eigenvalue weighted by atomic mass is 35.5. The molecule has 24 heavy (non-hydrogen) atoms. The molecule has 7 heteroatoms. The van der Waals surface area contributed by atoms with Crippen molar-refractivity contribution < 1.29 is 19.1 Å². The topological polar surface area (TPSA) is 72.5 Å². The summed E-state index contributed by atoms with van der Waals surface area (Å²) in [5.74, 6) is -1.56. The zero-order chi connectivity index (χ0) is 17.5. The molecule has 0 bridgehead atoms. The Balaban J connectivity index is 2.06. The molecule has 0 unspecified atom stereocenters. The fourth-order valence-corrected chi connectivity index (χ4v) is 2.76. The van der Waals surface area contributed by atoms with Crippen LogP contribution in [0.4, 0.5) is 0 Å². The number of Topliss-reactive ketones (excluding diaryl/α,β-unsaturated/α-hetero) is 1. The summed E-state index contributed by atoms with van der Waals surface area (Å²) < 4.78 is 5.47. The molecule has 0 fully saturated rings. The van der Waals surface area contributed by atoms with Gasteiger partial charge in [0.05, 0.1) is 9.21 Å². The van der Waals surface area contributed by atoms with Crippen molar-refractivity contribution in [3.63, 3.8) is 0 Å². The molecule has 0 spiro atoms. The van der Waals surface area contributed by atoms with Crippen molar-refractivity contribution in [2.24, 2.45) is 0 Å². The smallest absolute Gasteiger partial charge is 0.355 e. The number of amides is 1. The van der Waals surface area contributed by atoms with E-state index in [2.05, 4.69) is 5.32 Å². The molecule has 5 nitrogen and oxygen atoms in total. The highest BCUT2D eigenvalue weighted by Gasteiger charge is 2.16. The average molecular weight is 364 g/mol. The number of hydrogen-bond acceptors (Lipinski definition) is 5. The van der Waals surface area contributed by atoms with Gasteiger partial charge in [0.2, 0.25) is 11.7 Å². The van der Waals surface area contributed by atoms with E-state index in [0.717, 1.165) is 16.9 Å². The third-order valence-electron chi connectivity index (χ3n) is 2.82. The molecule has 1 N–H and O–H groups in total. The van der Waals surface area contributed by atoms with Crippen LogP contribution in [-0.4, -0.2) is 24.3 Å². The van der Waals surface area contributed by atoms with Crippen molar-refractivity contribution >= 4 is 46.7 Å². The van der Waals surface area contributed by atoms with E-state index in [-0.39, 0.29) is 11.5 Å². The predicted octanol–water partition coefficient (Wildman–Crippen LogP) is 3.30. The van der Waals surface area contributed by atoms with E-state index >= 15 is 0 Å². The highest BCUT2D eigenvalue weighted by Crippen LogP contribution is 2.21. The Kier molecular flexibility index (Phi) is 6.28. The number of nitrogens with one attached hydrogen (secondary N) is 1. The van der Waals surface area contributed by atoms with Crippen molar-refractivity contribution in [2.75, 3.05) is 6.61 Å². The fourth-order valence-electron chi connectivity index (χ4n) is 1.80. The van der Waals surface area contributed by atoms with Crippen molar-refractivity contribution in [1.29, 1.82) is 0 Å². The van der Waals surface area contributed by atoms with E-state index in [4.69, 9.17) is 16.3 Å². The first-order valence-electron chi connectivity index (χ1n) is 6.95. The number of carbonyl (C=O) groups excluding carboxylic acids is 3.